The van der Waals surface area contributed by atoms with Crippen LogP contribution in [0.15, 0.2) is 0 Å². The Morgan fingerprint density at radius 3 is 3.10 bits per heavy atom. The molecule has 0 radical (unpaired) electrons. The summed E-state index contributed by atoms with van der Waals surface area (Å²) in [6, 6.07) is 0.584. The van der Waals surface area contributed by atoms with E-state index in [1.165, 1.54) is 0 Å². The average molecular weight is 144 g/mol. The molecule has 10 heavy (non-hydrogen) atoms. The minimum atomic E-state index is 0.284. The molecule has 0 aromatic rings. The molecule has 1 rings (SSSR count). The van der Waals surface area contributed by atoms with Gasteiger partial charge in [-0.3, -0.25) is 4.90 Å². The molecule has 1 atom stereocenters. The van der Waals surface area contributed by atoms with Gasteiger partial charge in [0.15, 0.2) is 0 Å². The third-order valence-electron chi connectivity index (χ3n) is 1.87. The minimum absolute atomic E-state index is 0.284. The SMILES string of the molecule is C[C@H]1CN(CCO)CCN1. The third-order valence-corrected chi connectivity index (χ3v) is 1.87. The molecule has 0 aliphatic carbocycles. The number of hydrogen-bond acceptors (Lipinski definition) is 3. The number of hydrogen-bond donors (Lipinski definition) is 2. The molecule has 1 aliphatic heterocycles. The second-order valence-corrected chi connectivity index (χ2v) is 2.88. The van der Waals surface area contributed by atoms with E-state index in [9.17, 15) is 0 Å². The number of nitrogens with one attached hydrogen (secondary N) is 1. The van der Waals surface area contributed by atoms with E-state index in [0.29, 0.717) is 6.04 Å². The summed E-state index contributed by atoms with van der Waals surface area (Å²) in [5.74, 6) is 0. The Morgan fingerprint density at radius 1 is 1.70 bits per heavy atom. The van der Waals surface area contributed by atoms with Crippen molar-refractivity contribution in [2.24, 2.45) is 0 Å². The van der Waals surface area contributed by atoms with E-state index in [-0.39, 0.29) is 6.61 Å². The highest BCUT2D eigenvalue weighted by atomic mass is 16.3. The van der Waals surface area contributed by atoms with Crippen LogP contribution < -0.4 is 5.32 Å². The predicted octanol–water partition coefficient (Wildman–Crippen LogP) is -0.728. The molecular weight excluding hydrogens is 128 g/mol. The molecule has 3 heteroatoms. The molecule has 1 saturated heterocycles. The van der Waals surface area contributed by atoms with Gasteiger partial charge in [-0.2, -0.15) is 0 Å². The highest BCUT2D eigenvalue weighted by Gasteiger charge is 2.13. The summed E-state index contributed by atoms with van der Waals surface area (Å²) in [4.78, 5) is 2.28. The van der Waals surface area contributed by atoms with Crippen LogP contribution in [0.3, 0.4) is 0 Å². The number of rotatable bonds is 2. The van der Waals surface area contributed by atoms with Crippen LogP contribution in [0.25, 0.3) is 0 Å². The fourth-order valence-corrected chi connectivity index (χ4v) is 1.36. The van der Waals surface area contributed by atoms with Gasteiger partial charge >= 0.3 is 0 Å². The van der Waals surface area contributed by atoms with Crippen molar-refractivity contribution in [1.82, 2.24) is 10.2 Å². The topological polar surface area (TPSA) is 35.5 Å². The zero-order chi connectivity index (χ0) is 7.40. The van der Waals surface area contributed by atoms with Crippen molar-refractivity contribution in [1.29, 1.82) is 0 Å². The van der Waals surface area contributed by atoms with Gasteiger partial charge in [0, 0.05) is 32.2 Å². The van der Waals surface area contributed by atoms with Gasteiger partial charge in [-0.1, -0.05) is 0 Å². The molecule has 0 unspecified atom stereocenters. The smallest absolute Gasteiger partial charge is 0.0558 e. The normalized spacial score (nSPS) is 28.8. The molecular formula is C7H16N2O. The van der Waals surface area contributed by atoms with Gasteiger partial charge < -0.3 is 10.4 Å². The van der Waals surface area contributed by atoms with Crippen molar-refractivity contribution in [3.8, 4) is 0 Å². The molecule has 1 heterocycles. The van der Waals surface area contributed by atoms with E-state index < -0.39 is 0 Å². The maximum absolute atomic E-state index is 8.64. The van der Waals surface area contributed by atoms with Crippen LogP contribution in [0.1, 0.15) is 6.92 Å². The van der Waals surface area contributed by atoms with Gasteiger partial charge in [-0.25, -0.2) is 0 Å². The standard InChI is InChI=1S/C7H16N2O/c1-7-6-9(4-5-10)3-2-8-7/h7-8,10H,2-6H2,1H3/t7-/m0/s1. The summed E-state index contributed by atoms with van der Waals surface area (Å²) in [6.07, 6.45) is 0. The van der Waals surface area contributed by atoms with Crippen molar-refractivity contribution in [2.75, 3.05) is 32.8 Å². The fourth-order valence-electron chi connectivity index (χ4n) is 1.36. The van der Waals surface area contributed by atoms with Gasteiger partial charge in [0.1, 0.15) is 0 Å². The summed E-state index contributed by atoms with van der Waals surface area (Å²) < 4.78 is 0. The number of β-amino-alcohol motifs (C(OH)–C–C–N with tert-alkyl or cyclic N) is 1. The Kier molecular flexibility index (Phi) is 3.12. The molecule has 0 saturated carbocycles. The van der Waals surface area contributed by atoms with E-state index >= 15 is 0 Å². The van der Waals surface area contributed by atoms with Gasteiger partial charge in [-0.15, -0.1) is 0 Å². The van der Waals surface area contributed by atoms with Crippen LogP contribution in [0.2, 0.25) is 0 Å². The first kappa shape index (κ1) is 7.98. The first-order valence-electron chi connectivity index (χ1n) is 3.89. The van der Waals surface area contributed by atoms with E-state index in [1.54, 1.807) is 0 Å². The van der Waals surface area contributed by atoms with Crippen LogP contribution in [0.4, 0.5) is 0 Å². The van der Waals surface area contributed by atoms with Crippen molar-refractivity contribution in [2.45, 2.75) is 13.0 Å². The lowest BCUT2D eigenvalue weighted by Crippen LogP contribution is -2.49. The quantitative estimate of drug-likeness (QED) is 0.536. The van der Waals surface area contributed by atoms with Crippen LogP contribution in [0, 0.1) is 0 Å². The third kappa shape index (κ3) is 2.25. The lowest BCUT2D eigenvalue weighted by molar-refractivity contribution is 0.161. The second-order valence-electron chi connectivity index (χ2n) is 2.88. The maximum Gasteiger partial charge on any atom is 0.0558 e. The Labute approximate surface area is 62.0 Å². The molecule has 0 amide bonds. The number of piperazine rings is 1. The van der Waals surface area contributed by atoms with Gasteiger partial charge in [0.25, 0.3) is 0 Å². The lowest BCUT2D eigenvalue weighted by Gasteiger charge is -2.31. The molecule has 2 N–H and O–H groups in total. The number of aliphatic hydroxyl groups is 1. The summed E-state index contributed by atoms with van der Waals surface area (Å²) >= 11 is 0. The summed E-state index contributed by atoms with van der Waals surface area (Å²) in [6.45, 7) is 6.48. The largest absolute Gasteiger partial charge is 0.395 e. The molecule has 0 aromatic carbocycles. The Bertz CT molecular complexity index is 95.6. The Hall–Kier alpha value is -0.120. The van der Waals surface area contributed by atoms with Crippen LogP contribution in [-0.2, 0) is 0 Å². The molecule has 0 bridgehead atoms. The predicted molar refractivity (Wildman–Crippen MR) is 41.0 cm³/mol. The molecule has 0 spiro atoms. The zero-order valence-electron chi connectivity index (χ0n) is 6.51. The van der Waals surface area contributed by atoms with Gasteiger partial charge in [-0.05, 0) is 6.92 Å². The van der Waals surface area contributed by atoms with E-state index in [0.717, 1.165) is 26.2 Å². The molecule has 3 nitrogen and oxygen atoms in total. The molecule has 0 aromatic heterocycles. The van der Waals surface area contributed by atoms with Crippen LogP contribution >= 0.6 is 0 Å². The maximum atomic E-state index is 8.64. The second kappa shape index (κ2) is 3.91. The van der Waals surface area contributed by atoms with Crippen molar-refractivity contribution >= 4 is 0 Å². The zero-order valence-corrected chi connectivity index (χ0v) is 6.51. The highest BCUT2D eigenvalue weighted by molar-refractivity contribution is 4.74. The van der Waals surface area contributed by atoms with Crippen molar-refractivity contribution in [3.05, 3.63) is 0 Å². The first-order chi connectivity index (χ1) is 4.83. The summed E-state index contributed by atoms with van der Waals surface area (Å²) in [5, 5.41) is 12.0. The first-order valence-corrected chi connectivity index (χ1v) is 3.89. The minimum Gasteiger partial charge on any atom is -0.395 e. The number of aliphatic hydroxyl groups excluding tert-OH is 1. The van der Waals surface area contributed by atoms with Crippen molar-refractivity contribution < 1.29 is 5.11 Å². The Balaban J connectivity index is 2.18. The van der Waals surface area contributed by atoms with Crippen LogP contribution in [-0.4, -0.2) is 48.8 Å². The summed E-state index contributed by atoms with van der Waals surface area (Å²) in [5.41, 5.74) is 0. The Morgan fingerprint density at radius 2 is 2.50 bits per heavy atom. The van der Waals surface area contributed by atoms with Gasteiger partial charge in [0.05, 0.1) is 6.61 Å². The van der Waals surface area contributed by atoms with E-state index in [4.69, 9.17) is 5.11 Å². The molecule has 1 fully saturated rings. The lowest BCUT2D eigenvalue weighted by atomic mass is 10.2. The fraction of sp³-hybridized carbons (Fsp3) is 1.00. The van der Waals surface area contributed by atoms with Crippen molar-refractivity contribution in [3.63, 3.8) is 0 Å². The van der Waals surface area contributed by atoms with E-state index in [2.05, 4.69) is 17.1 Å². The van der Waals surface area contributed by atoms with Gasteiger partial charge in [0.2, 0.25) is 0 Å². The average Bonchev–Trinajstić information content (AvgIpc) is 1.88. The van der Waals surface area contributed by atoms with E-state index in [1.807, 2.05) is 0 Å². The molecule has 60 valence electrons. The monoisotopic (exact) mass is 144 g/mol. The molecule has 1 aliphatic rings. The summed E-state index contributed by atoms with van der Waals surface area (Å²) in [7, 11) is 0. The number of nitrogens with zero attached hydrogens (tertiary/aromatic N) is 1. The van der Waals surface area contributed by atoms with Crippen LogP contribution in [0.5, 0.6) is 0 Å². The highest BCUT2D eigenvalue weighted by Crippen LogP contribution is 1.96.